The molecule has 0 bridgehead atoms. The van der Waals surface area contributed by atoms with Gasteiger partial charge in [-0.3, -0.25) is 4.79 Å². The van der Waals surface area contributed by atoms with E-state index in [9.17, 15) is 9.59 Å². The van der Waals surface area contributed by atoms with Crippen molar-refractivity contribution in [2.75, 3.05) is 11.1 Å². The topological polar surface area (TPSA) is 147 Å². The zero-order valence-electron chi connectivity index (χ0n) is 19.1. The molecule has 2 aromatic heterocycles. The quantitative estimate of drug-likeness (QED) is 0.328. The molecule has 3 N–H and O–H groups in total. The van der Waals surface area contributed by atoms with Crippen LogP contribution in [-0.2, 0) is 38.8 Å². The van der Waals surface area contributed by atoms with E-state index in [-0.39, 0.29) is 31.4 Å². The van der Waals surface area contributed by atoms with E-state index in [1.54, 1.807) is 4.68 Å². The van der Waals surface area contributed by atoms with Gasteiger partial charge in [0.2, 0.25) is 5.95 Å². The maximum Gasteiger partial charge on any atom is 0.329 e. The molecule has 180 valence electrons. The van der Waals surface area contributed by atoms with E-state index in [2.05, 4.69) is 25.6 Å². The number of hydrogen-bond acceptors (Lipinski definition) is 10. The van der Waals surface area contributed by atoms with Gasteiger partial charge in [0.1, 0.15) is 19.3 Å². The smallest absolute Gasteiger partial charge is 0.329 e. The number of anilines is 2. The molecule has 0 radical (unpaired) electrons. The first-order chi connectivity index (χ1) is 17.0. The minimum atomic E-state index is -1.11. The molecule has 0 amide bonds. The molecular formula is C24H25N7O4. The monoisotopic (exact) mass is 475 g/mol. The lowest BCUT2D eigenvalue weighted by Gasteiger charge is -2.18. The minimum Gasteiger partial charge on any atom is -0.461 e. The van der Waals surface area contributed by atoms with E-state index < -0.39 is 18.0 Å². The molecule has 4 aromatic rings. The number of hydrogen-bond donors (Lipinski definition) is 2. The van der Waals surface area contributed by atoms with Gasteiger partial charge in [-0.1, -0.05) is 65.9 Å². The summed E-state index contributed by atoms with van der Waals surface area (Å²) in [7, 11) is 0. The number of aromatic nitrogens is 5. The predicted octanol–water partition coefficient (Wildman–Crippen LogP) is 2.48. The van der Waals surface area contributed by atoms with E-state index in [0.29, 0.717) is 17.7 Å². The number of rotatable bonds is 10. The Kier molecular flexibility index (Phi) is 7.46. The fraction of sp³-hybridized carbons (Fsp3) is 0.250. The van der Waals surface area contributed by atoms with Crippen molar-refractivity contribution in [2.45, 2.75) is 39.1 Å². The summed E-state index contributed by atoms with van der Waals surface area (Å²) in [6, 6.07) is 17.4. The Balaban J connectivity index is 1.52. The fourth-order valence-corrected chi connectivity index (χ4v) is 3.34. The summed E-state index contributed by atoms with van der Waals surface area (Å²) in [6.45, 7) is 2.53. The Labute approximate surface area is 201 Å². The van der Waals surface area contributed by atoms with Gasteiger partial charge in [-0.25, -0.2) is 9.48 Å². The summed E-state index contributed by atoms with van der Waals surface area (Å²) >= 11 is 0. The fourth-order valence-electron chi connectivity index (χ4n) is 3.34. The molecule has 0 saturated carbocycles. The van der Waals surface area contributed by atoms with E-state index in [1.807, 2.05) is 67.6 Å². The summed E-state index contributed by atoms with van der Waals surface area (Å²) in [5.41, 5.74) is 8.24. The molecule has 2 aromatic carbocycles. The molecule has 0 aliphatic rings. The van der Waals surface area contributed by atoms with Gasteiger partial charge in [-0.05, 0) is 18.1 Å². The third kappa shape index (κ3) is 6.08. The molecule has 35 heavy (non-hydrogen) atoms. The normalized spacial score (nSPS) is 11.7. The van der Waals surface area contributed by atoms with Crippen molar-refractivity contribution in [1.82, 2.24) is 25.0 Å². The first-order valence-electron chi connectivity index (χ1n) is 11.1. The second-order valence-electron chi connectivity index (χ2n) is 7.65. The van der Waals surface area contributed by atoms with Gasteiger partial charge in [-0.2, -0.15) is 9.97 Å². The summed E-state index contributed by atoms with van der Waals surface area (Å²) in [6.07, 6.45) is -0.298. The first-order valence-corrected chi connectivity index (χ1v) is 11.1. The number of carbonyl (C=O) groups excluding carboxylic acids is 2. The van der Waals surface area contributed by atoms with E-state index in [1.165, 1.54) is 0 Å². The number of aryl methyl sites for hydroxylation is 1. The van der Waals surface area contributed by atoms with Crippen LogP contribution in [0.2, 0.25) is 0 Å². The molecule has 11 heteroatoms. The molecule has 11 nitrogen and oxygen atoms in total. The van der Waals surface area contributed by atoms with Crippen LogP contribution in [0.25, 0.3) is 11.2 Å². The maximum absolute atomic E-state index is 13.0. The average Bonchev–Trinajstić information content (AvgIpc) is 3.30. The highest BCUT2D eigenvalue weighted by Gasteiger charge is 2.27. The van der Waals surface area contributed by atoms with Crippen molar-refractivity contribution in [2.24, 2.45) is 0 Å². The molecular weight excluding hydrogens is 450 g/mol. The average molecular weight is 476 g/mol. The summed E-state index contributed by atoms with van der Waals surface area (Å²) in [5.74, 6) is -1.10. The van der Waals surface area contributed by atoms with Gasteiger partial charge in [-0.15, -0.1) is 5.10 Å². The van der Waals surface area contributed by atoms with Gasteiger partial charge < -0.3 is 20.5 Å². The van der Waals surface area contributed by atoms with Crippen molar-refractivity contribution in [1.29, 1.82) is 0 Å². The van der Waals surface area contributed by atoms with Crippen molar-refractivity contribution in [3.05, 3.63) is 71.8 Å². The van der Waals surface area contributed by atoms with Crippen LogP contribution in [0, 0.1) is 0 Å². The Hall–Kier alpha value is -4.54. The van der Waals surface area contributed by atoms with Crippen LogP contribution in [0.3, 0.4) is 0 Å². The zero-order chi connectivity index (χ0) is 24.6. The SMILES string of the molecule is CCn1nnc2c(NC(CC(=O)OCc3ccccc3)C(=O)OCc3ccccc3)nc(N)nc21. The highest BCUT2D eigenvalue weighted by molar-refractivity contribution is 5.89. The first kappa shape index (κ1) is 23.6. The van der Waals surface area contributed by atoms with Crippen LogP contribution in [0.15, 0.2) is 60.7 Å². The standard InChI is InChI=1S/C24H25N7O4/c1-2-31-22-20(29-30-31)21(27-24(25)28-22)26-18(23(33)35-15-17-11-7-4-8-12-17)13-19(32)34-14-16-9-5-3-6-10-16/h3-12,18H,2,13-15H2,1H3,(H3,25,26,27,28). The lowest BCUT2D eigenvalue weighted by atomic mass is 10.2. The molecule has 1 atom stereocenters. The summed E-state index contributed by atoms with van der Waals surface area (Å²) in [4.78, 5) is 34.0. The summed E-state index contributed by atoms with van der Waals surface area (Å²) < 4.78 is 12.4. The molecule has 4 rings (SSSR count). The van der Waals surface area contributed by atoms with Gasteiger partial charge in [0.25, 0.3) is 0 Å². The van der Waals surface area contributed by atoms with E-state index >= 15 is 0 Å². The number of nitrogens with zero attached hydrogens (tertiary/aromatic N) is 5. The molecule has 0 saturated heterocycles. The molecule has 0 spiro atoms. The Morgan fingerprint density at radius 2 is 1.60 bits per heavy atom. The van der Waals surface area contributed by atoms with Crippen LogP contribution in [0.4, 0.5) is 11.8 Å². The van der Waals surface area contributed by atoms with Crippen LogP contribution >= 0.6 is 0 Å². The molecule has 1 unspecified atom stereocenters. The number of carbonyl (C=O) groups is 2. The number of nitrogens with two attached hydrogens (primary N) is 1. The highest BCUT2D eigenvalue weighted by Crippen LogP contribution is 2.21. The molecule has 0 aliphatic heterocycles. The second kappa shape index (κ2) is 11.1. The van der Waals surface area contributed by atoms with E-state index in [0.717, 1.165) is 11.1 Å². The van der Waals surface area contributed by atoms with Crippen molar-refractivity contribution in [3.63, 3.8) is 0 Å². The number of esters is 2. The van der Waals surface area contributed by atoms with Crippen LogP contribution in [0.1, 0.15) is 24.5 Å². The minimum absolute atomic E-state index is 0.0277. The van der Waals surface area contributed by atoms with E-state index in [4.69, 9.17) is 15.2 Å². The molecule has 0 fully saturated rings. The molecule has 2 heterocycles. The lowest BCUT2D eigenvalue weighted by molar-refractivity contribution is -0.152. The van der Waals surface area contributed by atoms with Crippen molar-refractivity contribution >= 4 is 34.9 Å². The van der Waals surface area contributed by atoms with Crippen molar-refractivity contribution in [3.8, 4) is 0 Å². The lowest BCUT2D eigenvalue weighted by Crippen LogP contribution is -2.34. The van der Waals surface area contributed by atoms with Gasteiger partial charge in [0.05, 0.1) is 6.42 Å². The zero-order valence-corrected chi connectivity index (χ0v) is 19.1. The second-order valence-corrected chi connectivity index (χ2v) is 7.65. The highest BCUT2D eigenvalue weighted by atomic mass is 16.5. The van der Waals surface area contributed by atoms with Crippen LogP contribution in [0.5, 0.6) is 0 Å². The predicted molar refractivity (Wildman–Crippen MR) is 128 cm³/mol. The van der Waals surface area contributed by atoms with Gasteiger partial charge >= 0.3 is 11.9 Å². The maximum atomic E-state index is 13.0. The van der Waals surface area contributed by atoms with Gasteiger partial charge in [0, 0.05) is 6.54 Å². The van der Waals surface area contributed by atoms with Crippen molar-refractivity contribution < 1.29 is 19.1 Å². The number of ether oxygens (including phenoxy) is 2. The Morgan fingerprint density at radius 3 is 2.23 bits per heavy atom. The number of fused-ring (bicyclic) bond motifs is 1. The third-order valence-corrected chi connectivity index (χ3v) is 5.11. The number of nitrogen functional groups attached to an aromatic ring is 1. The summed E-state index contributed by atoms with van der Waals surface area (Å²) in [5, 5.41) is 11.1. The third-order valence-electron chi connectivity index (χ3n) is 5.11. The Bertz CT molecular complexity index is 1300. The number of benzene rings is 2. The number of nitrogens with one attached hydrogen (secondary N) is 1. The largest absolute Gasteiger partial charge is 0.461 e. The van der Waals surface area contributed by atoms with Crippen LogP contribution in [-0.4, -0.2) is 42.9 Å². The van der Waals surface area contributed by atoms with Gasteiger partial charge in [0.15, 0.2) is 17.0 Å². The Morgan fingerprint density at radius 1 is 0.971 bits per heavy atom. The van der Waals surface area contributed by atoms with Crippen LogP contribution < -0.4 is 11.1 Å². The molecule has 0 aliphatic carbocycles.